The van der Waals surface area contributed by atoms with Crippen LogP contribution in [-0.2, 0) is 4.79 Å². The van der Waals surface area contributed by atoms with Crippen molar-refractivity contribution in [3.8, 4) is 0 Å². The molecule has 3 heteroatoms. The van der Waals surface area contributed by atoms with E-state index in [4.69, 9.17) is 5.11 Å². The van der Waals surface area contributed by atoms with Crippen LogP contribution in [0.1, 0.15) is 59.8 Å². The number of hydrogen-bond donors (Lipinski definition) is 2. The number of aliphatic hydroxyl groups excluding tert-OH is 1. The average molecular weight is 256 g/mol. The number of aliphatic carboxylic acids is 1. The molecular weight excluding hydrogens is 228 g/mol. The molecular formula is C15H28O3. The smallest absolute Gasteiger partial charge is 0.309 e. The minimum atomic E-state index is -0.671. The fraction of sp³-hybridized carbons (Fsp3) is 0.933. The molecule has 1 aliphatic carbocycles. The molecule has 2 N–H and O–H groups in total. The monoisotopic (exact) mass is 256 g/mol. The van der Waals surface area contributed by atoms with Gasteiger partial charge in [0.15, 0.2) is 0 Å². The zero-order valence-electron chi connectivity index (χ0n) is 12.2. The van der Waals surface area contributed by atoms with Crippen LogP contribution in [0, 0.1) is 22.7 Å². The fourth-order valence-corrected chi connectivity index (χ4v) is 3.27. The molecule has 0 aliphatic heterocycles. The highest BCUT2D eigenvalue weighted by molar-refractivity contribution is 5.74. The summed E-state index contributed by atoms with van der Waals surface area (Å²) >= 11 is 0. The van der Waals surface area contributed by atoms with Crippen molar-refractivity contribution >= 4 is 5.97 Å². The van der Waals surface area contributed by atoms with Crippen molar-refractivity contribution in [1.29, 1.82) is 0 Å². The van der Waals surface area contributed by atoms with Crippen molar-refractivity contribution in [2.75, 3.05) is 6.61 Å². The number of hydrogen-bond acceptors (Lipinski definition) is 2. The first-order valence-electron chi connectivity index (χ1n) is 7.05. The first-order valence-corrected chi connectivity index (χ1v) is 7.05. The molecule has 1 saturated carbocycles. The van der Waals surface area contributed by atoms with Gasteiger partial charge < -0.3 is 10.2 Å². The lowest BCUT2D eigenvalue weighted by atomic mass is 9.62. The lowest BCUT2D eigenvalue weighted by Gasteiger charge is -2.42. The van der Waals surface area contributed by atoms with Gasteiger partial charge in [0.1, 0.15) is 0 Å². The van der Waals surface area contributed by atoms with Gasteiger partial charge >= 0.3 is 5.97 Å². The molecule has 0 amide bonds. The van der Waals surface area contributed by atoms with Gasteiger partial charge in [0, 0.05) is 6.61 Å². The quantitative estimate of drug-likeness (QED) is 0.811. The summed E-state index contributed by atoms with van der Waals surface area (Å²) in [5.74, 6) is 0.0249. The Bertz CT molecular complexity index is 283. The van der Waals surface area contributed by atoms with Crippen LogP contribution in [-0.4, -0.2) is 22.8 Å². The molecule has 1 fully saturated rings. The highest BCUT2D eigenvalue weighted by atomic mass is 16.4. The SMILES string of the molecule is CC(CO)CC1(C(=O)O)CCC(C(C)(C)C)CC1. The third-order valence-corrected chi connectivity index (χ3v) is 4.67. The van der Waals surface area contributed by atoms with Crippen LogP contribution in [0.15, 0.2) is 0 Å². The number of aliphatic hydroxyl groups is 1. The summed E-state index contributed by atoms with van der Waals surface area (Å²) in [7, 11) is 0. The van der Waals surface area contributed by atoms with Gasteiger partial charge in [-0.25, -0.2) is 0 Å². The Balaban J connectivity index is 2.72. The molecule has 106 valence electrons. The summed E-state index contributed by atoms with van der Waals surface area (Å²) < 4.78 is 0. The number of carboxylic acids is 1. The van der Waals surface area contributed by atoms with Gasteiger partial charge in [-0.3, -0.25) is 4.79 Å². The van der Waals surface area contributed by atoms with Gasteiger partial charge in [-0.2, -0.15) is 0 Å². The maximum absolute atomic E-state index is 11.6. The molecule has 1 aliphatic rings. The molecule has 1 rings (SSSR count). The van der Waals surface area contributed by atoms with Crippen molar-refractivity contribution in [1.82, 2.24) is 0 Å². The molecule has 0 heterocycles. The van der Waals surface area contributed by atoms with Crippen LogP contribution in [0.4, 0.5) is 0 Å². The average Bonchev–Trinajstić information content (AvgIpc) is 2.28. The summed E-state index contributed by atoms with van der Waals surface area (Å²) in [6.07, 6.45) is 4.11. The second-order valence-corrected chi connectivity index (χ2v) is 7.22. The standard InChI is InChI=1S/C15H28O3/c1-11(10-16)9-15(13(17)18)7-5-12(6-8-15)14(2,3)4/h11-12,16H,5-10H2,1-4H3,(H,17,18). The van der Waals surface area contributed by atoms with Crippen LogP contribution in [0.5, 0.6) is 0 Å². The maximum Gasteiger partial charge on any atom is 0.309 e. The van der Waals surface area contributed by atoms with Crippen LogP contribution >= 0.6 is 0 Å². The highest BCUT2D eigenvalue weighted by Crippen LogP contribution is 2.48. The first kappa shape index (κ1) is 15.5. The van der Waals surface area contributed by atoms with E-state index in [-0.39, 0.29) is 17.9 Å². The molecule has 3 nitrogen and oxygen atoms in total. The van der Waals surface area contributed by atoms with Crippen LogP contribution in [0.3, 0.4) is 0 Å². The molecule has 0 spiro atoms. The van der Waals surface area contributed by atoms with Crippen molar-refractivity contribution in [3.63, 3.8) is 0 Å². The van der Waals surface area contributed by atoms with Gasteiger partial charge in [0.25, 0.3) is 0 Å². The van der Waals surface area contributed by atoms with Crippen molar-refractivity contribution in [2.45, 2.75) is 59.8 Å². The first-order chi connectivity index (χ1) is 8.21. The molecule has 0 saturated heterocycles. The molecule has 1 unspecified atom stereocenters. The van der Waals surface area contributed by atoms with Crippen LogP contribution in [0.2, 0.25) is 0 Å². The maximum atomic E-state index is 11.6. The van der Waals surface area contributed by atoms with Crippen molar-refractivity contribution in [3.05, 3.63) is 0 Å². The van der Waals surface area contributed by atoms with Gasteiger partial charge in [0.2, 0.25) is 0 Å². The zero-order chi connectivity index (χ0) is 14.0. The van der Waals surface area contributed by atoms with E-state index in [1.807, 2.05) is 6.92 Å². The summed E-state index contributed by atoms with van der Waals surface area (Å²) in [6, 6.07) is 0. The number of carbonyl (C=O) groups is 1. The molecule has 0 aromatic heterocycles. The van der Waals surface area contributed by atoms with Gasteiger partial charge in [0.05, 0.1) is 5.41 Å². The van der Waals surface area contributed by atoms with E-state index in [9.17, 15) is 9.90 Å². The number of rotatable bonds is 4. The van der Waals surface area contributed by atoms with Crippen LogP contribution < -0.4 is 0 Å². The molecule has 0 aromatic rings. The Morgan fingerprint density at radius 1 is 1.33 bits per heavy atom. The predicted molar refractivity (Wildman–Crippen MR) is 72.3 cm³/mol. The van der Waals surface area contributed by atoms with Gasteiger partial charge in [-0.05, 0) is 49.4 Å². The Kier molecular flexibility index (Phi) is 4.82. The van der Waals surface area contributed by atoms with Gasteiger partial charge in [-0.1, -0.05) is 27.7 Å². The van der Waals surface area contributed by atoms with Crippen molar-refractivity contribution in [2.24, 2.45) is 22.7 Å². The van der Waals surface area contributed by atoms with Gasteiger partial charge in [-0.15, -0.1) is 0 Å². The molecule has 0 radical (unpaired) electrons. The third-order valence-electron chi connectivity index (χ3n) is 4.67. The predicted octanol–water partition coefficient (Wildman–Crippen LogP) is 3.31. The summed E-state index contributed by atoms with van der Waals surface area (Å²) in [5.41, 5.74) is -0.322. The molecule has 0 bridgehead atoms. The van der Waals surface area contributed by atoms with E-state index >= 15 is 0 Å². The van der Waals surface area contributed by atoms with E-state index in [2.05, 4.69) is 20.8 Å². The second kappa shape index (κ2) is 5.60. The third kappa shape index (κ3) is 3.47. The normalized spacial score (nSPS) is 31.1. The molecule has 1 atom stereocenters. The lowest BCUT2D eigenvalue weighted by molar-refractivity contribution is -0.154. The van der Waals surface area contributed by atoms with E-state index in [0.717, 1.165) is 25.7 Å². The topological polar surface area (TPSA) is 57.5 Å². The Morgan fingerprint density at radius 2 is 1.83 bits per heavy atom. The minimum Gasteiger partial charge on any atom is -0.481 e. The number of carboxylic acid groups (broad SMARTS) is 1. The van der Waals surface area contributed by atoms with Crippen molar-refractivity contribution < 1.29 is 15.0 Å². The minimum absolute atomic E-state index is 0.0762. The zero-order valence-corrected chi connectivity index (χ0v) is 12.2. The van der Waals surface area contributed by atoms with E-state index < -0.39 is 11.4 Å². The summed E-state index contributed by atoms with van der Waals surface area (Å²) in [5, 5.41) is 18.7. The van der Waals surface area contributed by atoms with E-state index in [0.29, 0.717) is 12.3 Å². The fourth-order valence-electron chi connectivity index (χ4n) is 3.27. The lowest BCUT2D eigenvalue weighted by Crippen LogP contribution is -2.39. The molecule has 18 heavy (non-hydrogen) atoms. The molecule has 0 aromatic carbocycles. The summed E-state index contributed by atoms with van der Waals surface area (Å²) in [4.78, 5) is 11.6. The largest absolute Gasteiger partial charge is 0.481 e. The Morgan fingerprint density at radius 3 is 2.17 bits per heavy atom. The van der Waals surface area contributed by atoms with E-state index in [1.54, 1.807) is 0 Å². The van der Waals surface area contributed by atoms with E-state index in [1.165, 1.54) is 0 Å². The Hall–Kier alpha value is -0.570. The Labute approximate surface area is 111 Å². The summed E-state index contributed by atoms with van der Waals surface area (Å²) in [6.45, 7) is 8.73. The second-order valence-electron chi connectivity index (χ2n) is 7.22. The van der Waals surface area contributed by atoms with Crippen LogP contribution in [0.25, 0.3) is 0 Å². The highest BCUT2D eigenvalue weighted by Gasteiger charge is 2.44.